The van der Waals surface area contributed by atoms with Crippen molar-refractivity contribution in [1.29, 1.82) is 0 Å². The first-order chi connectivity index (χ1) is 26.6. The zero-order valence-electron chi connectivity index (χ0n) is 32.5. The van der Waals surface area contributed by atoms with Gasteiger partial charge in [0.25, 0.3) is 0 Å². The number of benzene rings is 1. The van der Waals surface area contributed by atoms with Crippen LogP contribution in [-0.4, -0.2) is 133 Å². The van der Waals surface area contributed by atoms with E-state index in [0.29, 0.717) is 38.1 Å². The lowest BCUT2D eigenvalue weighted by molar-refractivity contribution is -0.141. The van der Waals surface area contributed by atoms with Crippen molar-refractivity contribution >= 4 is 53.7 Å². The van der Waals surface area contributed by atoms with Crippen LogP contribution in [0.3, 0.4) is 0 Å². The average molecular weight is 839 g/mol. The Balaban J connectivity index is -0.000000197. The molecule has 5 atom stereocenters. The molecule has 25 heteroatoms. The Morgan fingerprint density at radius 2 is 0.948 bits per heavy atom. The Kier molecular flexibility index (Phi) is 40.0. The molecule has 0 saturated carbocycles. The van der Waals surface area contributed by atoms with Gasteiger partial charge in [0.15, 0.2) is 5.96 Å². The molecule has 0 radical (unpaired) electrons. The number of nitrogens with zero attached hydrogens (tertiary/aromatic N) is 1. The summed E-state index contributed by atoms with van der Waals surface area (Å²) in [5, 5.41) is 57.3. The molecule has 0 aromatic heterocycles. The SMILES string of the molecule is CC(C)C[C@H](N)C(=O)O.NC(=O)CC[C@H](N)C(=O)O.NC(N)=NCCC[C@H](N)C(=O)O.NCC(=O)O.N[C@@H](CCC(=O)O)C(=O)O.N[C@@H](Cc1ccccc1)C(=O)O. The Bertz CT molecular complexity index is 1350. The molecule has 0 unspecified atom stereocenters. The molecule has 25 nitrogen and oxygen atoms in total. The molecule has 58 heavy (non-hydrogen) atoms. The van der Waals surface area contributed by atoms with Gasteiger partial charge in [-0.15, -0.1) is 0 Å². The van der Waals surface area contributed by atoms with Crippen LogP contribution in [0.1, 0.15) is 64.4 Å². The maximum absolute atomic E-state index is 10.4. The lowest BCUT2D eigenvalue weighted by Gasteiger charge is -2.07. The molecular formula is C33H62N10O15. The average Bonchev–Trinajstić information content (AvgIpc) is 3.12. The molecule has 0 aliphatic rings. The fourth-order valence-electron chi connectivity index (χ4n) is 3.03. The fourth-order valence-corrected chi connectivity index (χ4v) is 3.03. The second-order valence-electron chi connectivity index (χ2n) is 12.0. The number of hydrogen-bond acceptors (Lipinski definition) is 15. The van der Waals surface area contributed by atoms with Crippen molar-refractivity contribution in [3.8, 4) is 0 Å². The molecule has 0 saturated heterocycles. The molecule has 0 aliphatic heterocycles. The molecule has 1 rings (SSSR count). The van der Waals surface area contributed by atoms with Gasteiger partial charge in [-0.25, -0.2) is 0 Å². The molecule has 0 heterocycles. The smallest absolute Gasteiger partial charge is 0.320 e. The highest BCUT2D eigenvalue weighted by molar-refractivity contribution is 5.77. The Morgan fingerprint density at radius 3 is 1.24 bits per heavy atom. The summed E-state index contributed by atoms with van der Waals surface area (Å²) in [6.07, 6.45) is 1.79. The maximum Gasteiger partial charge on any atom is 0.320 e. The van der Waals surface area contributed by atoms with E-state index in [-0.39, 0.29) is 38.2 Å². The van der Waals surface area contributed by atoms with Crippen LogP contribution in [0.15, 0.2) is 35.3 Å². The predicted molar refractivity (Wildman–Crippen MR) is 210 cm³/mol. The largest absolute Gasteiger partial charge is 0.481 e. The van der Waals surface area contributed by atoms with Crippen LogP contribution in [0.2, 0.25) is 0 Å². The minimum Gasteiger partial charge on any atom is -0.481 e. The fraction of sp³-hybridized carbons (Fsp3) is 0.545. The van der Waals surface area contributed by atoms with Gasteiger partial charge in [0, 0.05) is 19.4 Å². The molecule has 0 fully saturated rings. The van der Waals surface area contributed by atoms with E-state index in [1.807, 2.05) is 44.2 Å². The lowest BCUT2D eigenvalue weighted by atomic mass is 10.1. The summed E-state index contributed by atoms with van der Waals surface area (Å²) in [5.74, 6) is -7.31. The van der Waals surface area contributed by atoms with E-state index >= 15 is 0 Å². The summed E-state index contributed by atoms with van der Waals surface area (Å²) in [4.78, 5) is 83.6. The Morgan fingerprint density at radius 1 is 0.569 bits per heavy atom. The minimum atomic E-state index is -1.17. The summed E-state index contributed by atoms with van der Waals surface area (Å²) >= 11 is 0. The molecular weight excluding hydrogens is 776 g/mol. The molecule has 1 amide bonds. The van der Waals surface area contributed by atoms with Gasteiger partial charge in [-0.05, 0) is 50.0 Å². The molecule has 0 spiro atoms. The molecule has 334 valence electrons. The van der Waals surface area contributed by atoms with Gasteiger partial charge in [-0.3, -0.25) is 43.3 Å². The normalized spacial score (nSPS) is 12.2. The highest BCUT2D eigenvalue weighted by Gasteiger charge is 2.14. The number of hydrogen-bond donors (Lipinski definition) is 16. The zero-order chi connectivity index (χ0) is 46.6. The van der Waals surface area contributed by atoms with Crippen molar-refractivity contribution in [2.75, 3.05) is 13.1 Å². The molecule has 25 N–H and O–H groups in total. The van der Waals surface area contributed by atoms with E-state index in [0.717, 1.165) is 5.56 Å². The predicted octanol–water partition coefficient (Wildman–Crippen LogP) is -3.51. The highest BCUT2D eigenvalue weighted by Crippen LogP contribution is 2.02. The third-order valence-corrected chi connectivity index (χ3v) is 6.12. The van der Waals surface area contributed by atoms with Gasteiger partial charge in [-0.2, -0.15) is 0 Å². The number of rotatable bonds is 20. The zero-order valence-corrected chi connectivity index (χ0v) is 32.5. The minimum absolute atomic E-state index is 0.0129. The number of carbonyl (C=O) groups excluding carboxylic acids is 1. The van der Waals surface area contributed by atoms with Crippen molar-refractivity contribution < 1.29 is 74.1 Å². The van der Waals surface area contributed by atoms with E-state index in [1.165, 1.54) is 0 Å². The first-order valence-electron chi connectivity index (χ1n) is 17.1. The number of guanidine groups is 1. The second kappa shape index (κ2) is 37.9. The Hall–Kier alpha value is -5.99. The van der Waals surface area contributed by atoms with Gasteiger partial charge in [0.1, 0.15) is 30.2 Å². The third kappa shape index (κ3) is 50.0. The number of nitrogens with two attached hydrogens (primary N) is 9. The third-order valence-electron chi connectivity index (χ3n) is 6.12. The van der Waals surface area contributed by atoms with Crippen molar-refractivity contribution in [2.24, 2.45) is 62.5 Å². The van der Waals surface area contributed by atoms with E-state index < -0.39 is 77.9 Å². The summed E-state index contributed by atoms with van der Waals surface area (Å²) in [5.41, 5.74) is 46.2. The van der Waals surface area contributed by atoms with Crippen LogP contribution in [0.5, 0.6) is 0 Å². The van der Waals surface area contributed by atoms with Crippen LogP contribution >= 0.6 is 0 Å². The number of amides is 1. The number of carboxylic acid groups (broad SMARTS) is 7. The van der Waals surface area contributed by atoms with E-state index in [2.05, 4.69) is 10.7 Å². The summed E-state index contributed by atoms with van der Waals surface area (Å²) in [6.45, 7) is 4.04. The summed E-state index contributed by atoms with van der Waals surface area (Å²) in [6, 6.07) is 5.00. The van der Waals surface area contributed by atoms with Crippen LogP contribution in [0, 0.1) is 5.92 Å². The first-order valence-corrected chi connectivity index (χ1v) is 17.1. The highest BCUT2D eigenvalue weighted by atomic mass is 16.4. The molecule has 1 aromatic carbocycles. The maximum atomic E-state index is 10.4. The van der Waals surface area contributed by atoms with Gasteiger partial charge in [0.05, 0.1) is 6.54 Å². The van der Waals surface area contributed by atoms with Crippen LogP contribution in [0.4, 0.5) is 0 Å². The van der Waals surface area contributed by atoms with Crippen molar-refractivity contribution in [2.45, 2.75) is 95.4 Å². The quantitative estimate of drug-likeness (QED) is 0.0344. The Labute approximate surface area is 334 Å². The van der Waals surface area contributed by atoms with Gasteiger partial charge in [-0.1, -0.05) is 44.2 Å². The standard InChI is InChI=1S/C9H11NO2.C6H14N4O2.C6H13NO2.C5H10N2O3.C5H9NO4.C2H5NO2/c10-8(9(11)12)6-7-4-2-1-3-5-7;7-4(5(11)12)2-1-3-10-6(8)9;1-4(2)3-5(7)6(8)9;2*6-3(5(9)10)1-2-4(7)8;3-1-2(4)5/h1-5,8H,6,10H2,(H,11,12);4H,1-3,7H2,(H,11,12)(H4,8,9,10);4-5H,3,7H2,1-2H3,(H,8,9);3H,1-2,6H2,(H2,7,8)(H,9,10);3H,1-2,6H2,(H,7,8)(H,9,10);1,3H2,(H,4,5)/t8-;4-;5-;2*3-;/m00000./s1. The van der Waals surface area contributed by atoms with Crippen molar-refractivity contribution in [1.82, 2.24) is 0 Å². The molecule has 0 aliphatic carbocycles. The second-order valence-corrected chi connectivity index (χ2v) is 12.0. The topological polar surface area (TPSA) is 525 Å². The lowest BCUT2D eigenvalue weighted by Crippen LogP contribution is -2.32. The number of primary amides is 1. The van der Waals surface area contributed by atoms with E-state index in [1.54, 1.807) is 0 Å². The number of carboxylic acids is 7. The first kappa shape index (κ1) is 61.2. The van der Waals surface area contributed by atoms with E-state index in [9.17, 15) is 38.4 Å². The molecule has 0 bridgehead atoms. The van der Waals surface area contributed by atoms with Crippen LogP contribution in [-0.2, 0) is 44.8 Å². The summed E-state index contributed by atoms with van der Waals surface area (Å²) in [7, 11) is 0. The van der Waals surface area contributed by atoms with Crippen molar-refractivity contribution in [3.05, 3.63) is 35.9 Å². The number of aliphatic carboxylic acids is 7. The molecule has 1 aromatic rings. The van der Waals surface area contributed by atoms with Gasteiger partial charge < -0.3 is 87.3 Å². The van der Waals surface area contributed by atoms with Gasteiger partial charge >= 0.3 is 41.8 Å². The van der Waals surface area contributed by atoms with Gasteiger partial charge in [0.2, 0.25) is 5.91 Å². The summed E-state index contributed by atoms with van der Waals surface area (Å²) < 4.78 is 0. The van der Waals surface area contributed by atoms with E-state index in [4.69, 9.17) is 81.6 Å². The van der Waals surface area contributed by atoms with Crippen LogP contribution < -0.4 is 51.6 Å². The van der Waals surface area contributed by atoms with Crippen molar-refractivity contribution in [3.63, 3.8) is 0 Å². The number of aliphatic imine (C=N–C) groups is 1. The van der Waals surface area contributed by atoms with Crippen LogP contribution in [0.25, 0.3) is 0 Å². The monoisotopic (exact) mass is 838 g/mol. The number of carbonyl (C=O) groups is 8.